The molecule has 23 heavy (non-hydrogen) atoms. The molecule has 1 N–H and O–H groups in total. The maximum absolute atomic E-state index is 12.6. The van der Waals surface area contributed by atoms with Crippen molar-refractivity contribution in [2.45, 2.75) is 18.2 Å². The van der Waals surface area contributed by atoms with E-state index in [1.807, 2.05) is 32.2 Å². The molecule has 0 aliphatic carbocycles. The normalized spacial score (nSPS) is 13.8. The molecular weight excluding hydrogens is 312 g/mol. The number of aryl methyl sites for hydroxylation is 1. The molecule has 122 valence electrons. The maximum atomic E-state index is 12.6. The minimum absolute atomic E-state index is 0.227. The molecule has 6 heteroatoms. The molecule has 0 fully saturated rings. The number of nitrogens with one attached hydrogen (secondary N) is 1. The third-order valence-electron chi connectivity index (χ3n) is 4.14. The summed E-state index contributed by atoms with van der Waals surface area (Å²) in [6.07, 6.45) is 0.997. The molecule has 1 aliphatic rings. The summed E-state index contributed by atoms with van der Waals surface area (Å²) in [6.45, 7) is 2.78. The number of methoxy groups -OCH3 is 1. The van der Waals surface area contributed by atoms with E-state index in [2.05, 4.69) is 9.62 Å². The van der Waals surface area contributed by atoms with Gasteiger partial charge >= 0.3 is 0 Å². The van der Waals surface area contributed by atoms with Gasteiger partial charge in [0.2, 0.25) is 0 Å². The fourth-order valence-electron chi connectivity index (χ4n) is 2.83. The van der Waals surface area contributed by atoms with Crippen LogP contribution in [-0.2, 0) is 16.4 Å². The molecule has 1 aliphatic heterocycles. The fourth-order valence-corrected chi connectivity index (χ4v) is 3.97. The van der Waals surface area contributed by atoms with Crippen LogP contribution < -0.4 is 14.4 Å². The van der Waals surface area contributed by atoms with Gasteiger partial charge in [-0.05, 0) is 54.8 Å². The first kappa shape index (κ1) is 15.7. The number of hydrogen-bond donors (Lipinski definition) is 1. The molecule has 0 saturated heterocycles. The zero-order valence-electron chi connectivity index (χ0n) is 13.5. The summed E-state index contributed by atoms with van der Waals surface area (Å²) in [4.78, 5) is 2.36. The van der Waals surface area contributed by atoms with Crippen LogP contribution in [0.3, 0.4) is 0 Å². The Morgan fingerprint density at radius 3 is 2.65 bits per heavy atom. The van der Waals surface area contributed by atoms with Gasteiger partial charge < -0.3 is 9.64 Å². The number of nitrogens with zero attached hydrogens (tertiary/aromatic N) is 1. The largest absolute Gasteiger partial charge is 0.496 e. The summed E-state index contributed by atoms with van der Waals surface area (Å²) >= 11 is 0. The van der Waals surface area contributed by atoms with E-state index < -0.39 is 10.0 Å². The Labute approximate surface area is 136 Å². The zero-order valence-corrected chi connectivity index (χ0v) is 14.3. The van der Waals surface area contributed by atoms with Crippen LogP contribution in [0.25, 0.3) is 0 Å². The first-order chi connectivity index (χ1) is 10.9. The Morgan fingerprint density at radius 1 is 1.17 bits per heavy atom. The van der Waals surface area contributed by atoms with Gasteiger partial charge in [0.25, 0.3) is 10.0 Å². The predicted molar refractivity (Wildman–Crippen MR) is 92.0 cm³/mol. The molecular formula is C17H20N2O3S. The Hall–Kier alpha value is -2.21. The topological polar surface area (TPSA) is 58.6 Å². The monoisotopic (exact) mass is 332 g/mol. The third-order valence-corrected chi connectivity index (χ3v) is 5.52. The van der Waals surface area contributed by atoms with E-state index in [1.165, 1.54) is 5.56 Å². The molecule has 0 aromatic heterocycles. The van der Waals surface area contributed by atoms with Gasteiger partial charge in [0, 0.05) is 19.3 Å². The van der Waals surface area contributed by atoms with Crippen molar-refractivity contribution >= 4 is 21.4 Å². The Kier molecular flexibility index (Phi) is 3.93. The van der Waals surface area contributed by atoms with Gasteiger partial charge in [-0.3, -0.25) is 4.72 Å². The first-order valence-corrected chi connectivity index (χ1v) is 8.90. The number of benzene rings is 2. The molecule has 2 aromatic rings. The lowest BCUT2D eigenvalue weighted by atomic mass is 10.1. The van der Waals surface area contributed by atoms with Gasteiger partial charge in [0.05, 0.1) is 17.7 Å². The molecule has 1 heterocycles. The van der Waals surface area contributed by atoms with Crippen LogP contribution in [-0.4, -0.2) is 29.1 Å². The highest BCUT2D eigenvalue weighted by Crippen LogP contribution is 2.31. The number of fused-ring (bicyclic) bond motifs is 1. The summed E-state index contributed by atoms with van der Waals surface area (Å²) in [5.41, 5.74) is 3.68. The van der Waals surface area contributed by atoms with Crippen molar-refractivity contribution in [3.63, 3.8) is 0 Å². The Bertz CT molecular complexity index is 847. The van der Waals surface area contributed by atoms with Gasteiger partial charge in [-0.25, -0.2) is 8.42 Å². The summed E-state index contributed by atoms with van der Waals surface area (Å²) in [6, 6.07) is 10.5. The molecule has 0 bridgehead atoms. The van der Waals surface area contributed by atoms with E-state index in [0.717, 1.165) is 24.2 Å². The second-order valence-corrected chi connectivity index (χ2v) is 7.43. The van der Waals surface area contributed by atoms with Crippen LogP contribution in [0.2, 0.25) is 0 Å². The van der Waals surface area contributed by atoms with Gasteiger partial charge in [0.1, 0.15) is 5.75 Å². The lowest BCUT2D eigenvalue weighted by molar-refractivity contribution is 0.411. The highest BCUT2D eigenvalue weighted by atomic mass is 32.2. The highest BCUT2D eigenvalue weighted by molar-refractivity contribution is 7.92. The van der Waals surface area contributed by atoms with Crippen molar-refractivity contribution < 1.29 is 13.2 Å². The van der Waals surface area contributed by atoms with Crippen molar-refractivity contribution in [1.29, 1.82) is 0 Å². The molecule has 0 atom stereocenters. The number of likely N-dealkylation sites (N-methyl/N-ethyl adjacent to an activating group) is 1. The van der Waals surface area contributed by atoms with E-state index >= 15 is 0 Å². The second-order valence-electron chi connectivity index (χ2n) is 5.75. The first-order valence-electron chi connectivity index (χ1n) is 7.42. The van der Waals surface area contributed by atoms with Crippen LogP contribution in [0.5, 0.6) is 5.75 Å². The Balaban J connectivity index is 1.90. The molecule has 0 saturated carbocycles. The summed E-state index contributed by atoms with van der Waals surface area (Å²) in [7, 11) is -0.0436. The lowest BCUT2D eigenvalue weighted by Gasteiger charge is -2.14. The van der Waals surface area contributed by atoms with Gasteiger partial charge in [-0.15, -0.1) is 0 Å². The number of anilines is 2. The Morgan fingerprint density at radius 2 is 1.96 bits per heavy atom. The predicted octanol–water partition coefficient (Wildman–Crippen LogP) is 2.80. The number of rotatable bonds is 4. The van der Waals surface area contributed by atoms with Gasteiger partial charge in [-0.2, -0.15) is 0 Å². The molecule has 5 nitrogen and oxygen atoms in total. The van der Waals surface area contributed by atoms with Crippen LogP contribution in [0.4, 0.5) is 11.4 Å². The van der Waals surface area contributed by atoms with Crippen LogP contribution >= 0.6 is 0 Å². The van der Waals surface area contributed by atoms with Crippen LogP contribution in [0, 0.1) is 6.92 Å². The van der Waals surface area contributed by atoms with Gasteiger partial charge in [0.15, 0.2) is 0 Å². The van der Waals surface area contributed by atoms with E-state index in [4.69, 9.17) is 4.74 Å². The standard InChI is InChI=1S/C17H20N2O3S/c1-12-10-15(6-7-17(12)22-3)23(20,21)18-14-5-4-13-8-9-19(2)16(13)11-14/h4-7,10-11,18H,8-9H2,1-3H3. The summed E-state index contributed by atoms with van der Waals surface area (Å²) in [5.74, 6) is 0.670. The number of sulfonamides is 1. The van der Waals surface area contributed by atoms with Crippen molar-refractivity contribution in [2.75, 3.05) is 30.3 Å². The zero-order chi connectivity index (χ0) is 16.6. The van der Waals surface area contributed by atoms with E-state index in [1.54, 1.807) is 25.3 Å². The smallest absolute Gasteiger partial charge is 0.261 e. The molecule has 0 amide bonds. The van der Waals surface area contributed by atoms with Crippen molar-refractivity contribution in [3.05, 3.63) is 47.5 Å². The van der Waals surface area contributed by atoms with Crippen LogP contribution in [0.1, 0.15) is 11.1 Å². The summed E-state index contributed by atoms with van der Waals surface area (Å²) < 4.78 is 33.0. The second kappa shape index (κ2) is 5.77. The van der Waals surface area contributed by atoms with Crippen molar-refractivity contribution in [2.24, 2.45) is 0 Å². The molecule has 0 spiro atoms. The van der Waals surface area contributed by atoms with E-state index in [-0.39, 0.29) is 4.90 Å². The van der Waals surface area contributed by atoms with E-state index in [9.17, 15) is 8.42 Å². The van der Waals surface area contributed by atoms with Crippen molar-refractivity contribution in [3.8, 4) is 5.75 Å². The third kappa shape index (κ3) is 2.99. The SMILES string of the molecule is COc1ccc(S(=O)(=O)Nc2ccc3c(c2)N(C)CC3)cc1C. The lowest BCUT2D eigenvalue weighted by Crippen LogP contribution is -2.15. The molecule has 0 unspecified atom stereocenters. The summed E-state index contributed by atoms with van der Waals surface area (Å²) in [5, 5.41) is 0. The van der Waals surface area contributed by atoms with E-state index in [0.29, 0.717) is 11.4 Å². The molecule has 2 aromatic carbocycles. The average Bonchev–Trinajstić information content (AvgIpc) is 2.88. The minimum atomic E-state index is -3.62. The average molecular weight is 332 g/mol. The maximum Gasteiger partial charge on any atom is 0.261 e. The quantitative estimate of drug-likeness (QED) is 0.935. The van der Waals surface area contributed by atoms with Crippen LogP contribution in [0.15, 0.2) is 41.3 Å². The highest BCUT2D eigenvalue weighted by Gasteiger charge is 2.19. The molecule has 3 rings (SSSR count). The number of ether oxygens (including phenoxy) is 1. The molecule has 0 radical (unpaired) electrons. The van der Waals surface area contributed by atoms with Crippen molar-refractivity contribution in [1.82, 2.24) is 0 Å². The van der Waals surface area contributed by atoms with Gasteiger partial charge in [-0.1, -0.05) is 6.07 Å². The number of hydrogen-bond acceptors (Lipinski definition) is 4. The minimum Gasteiger partial charge on any atom is -0.496 e. The fraction of sp³-hybridized carbons (Fsp3) is 0.294.